The zero-order valence-electron chi connectivity index (χ0n) is 17.5. The Hall–Kier alpha value is -2.22. The molecule has 0 unspecified atom stereocenters. The average molecular weight is 416 g/mol. The van der Waals surface area contributed by atoms with E-state index in [1.165, 1.54) is 24.0 Å². The number of likely N-dealkylation sites (tertiary alicyclic amines) is 1. The van der Waals surface area contributed by atoms with Crippen LogP contribution in [0.3, 0.4) is 0 Å². The summed E-state index contributed by atoms with van der Waals surface area (Å²) in [5, 5.41) is 2.94. The van der Waals surface area contributed by atoms with E-state index < -0.39 is 10.0 Å². The third kappa shape index (κ3) is 4.69. The lowest BCUT2D eigenvalue weighted by Crippen LogP contribution is -2.33. The summed E-state index contributed by atoms with van der Waals surface area (Å²) in [6, 6.07) is 13.7. The Labute approximate surface area is 173 Å². The summed E-state index contributed by atoms with van der Waals surface area (Å²) in [6.45, 7) is 4.90. The molecule has 0 aromatic heterocycles. The summed E-state index contributed by atoms with van der Waals surface area (Å²) in [4.78, 5) is 15.2. The third-order valence-corrected chi connectivity index (χ3v) is 7.38. The number of hydrogen-bond acceptors (Lipinski definition) is 4. The molecule has 156 valence electrons. The number of anilines is 1. The van der Waals surface area contributed by atoms with Gasteiger partial charge in [-0.1, -0.05) is 30.3 Å². The first-order valence-corrected chi connectivity index (χ1v) is 11.3. The zero-order valence-corrected chi connectivity index (χ0v) is 18.3. The van der Waals surface area contributed by atoms with Gasteiger partial charge >= 0.3 is 0 Å². The van der Waals surface area contributed by atoms with Crippen molar-refractivity contribution in [3.05, 3.63) is 59.2 Å². The van der Waals surface area contributed by atoms with Crippen LogP contribution in [0.1, 0.15) is 35.6 Å². The van der Waals surface area contributed by atoms with Gasteiger partial charge in [0.25, 0.3) is 0 Å². The normalized spacial score (nSPS) is 17.6. The number of aryl methyl sites for hydroxylation is 1. The van der Waals surface area contributed by atoms with Crippen LogP contribution in [0.5, 0.6) is 0 Å². The lowest BCUT2D eigenvalue weighted by molar-refractivity contribution is -0.117. The van der Waals surface area contributed by atoms with Crippen LogP contribution in [0.2, 0.25) is 0 Å². The maximum absolute atomic E-state index is 12.8. The number of hydrogen-bond donors (Lipinski definition) is 1. The monoisotopic (exact) mass is 415 g/mol. The van der Waals surface area contributed by atoms with Crippen LogP contribution >= 0.6 is 0 Å². The first-order valence-electron chi connectivity index (χ1n) is 9.83. The lowest BCUT2D eigenvalue weighted by Gasteiger charge is -2.24. The molecule has 7 heteroatoms. The molecule has 29 heavy (non-hydrogen) atoms. The number of carbonyl (C=O) groups excluding carboxylic acids is 1. The van der Waals surface area contributed by atoms with E-state index in [1.54, 1.807) is 12.1 Å². The molecule has 6 nitrogen and oxygen atoms in total. The van der Waals surface area contributed by atoms with Gasteiger partial charge in [-0.25, -0.2) is 12.7 Å². The summed E-state index contributed by atoms with van der Waals surface area (Å²) < 4.78 is 26.2. The molecule has 1 fully saturated rings. The van der Waals surface area contributed by atoms with Crippen LogP contribution in [0.4, 0.5) is 5.69 Å². The van der Waals surface area contributed by atoms with Crippen molar-refractivity contribution in [3.63, 3.8) is 0 Å². The first-order chi connectivity index (χ1) is 13.7. The van der Waals surface area contributed by atoms with Crippen LogP contribution in [-0.4, -0.2) is 50.7 Å². The minimum absolute atomic E-state index is 0.130. The van der Waals surface area contributed by atoms with Gasteiger partial charge in [-0.05, 0) is 62.1 Å². The smallest absolute Gasteiger partial charge is 0.242 e. The largest absolute Gasteiger partial charge is 0.325 e. The lowest BCUT2D eigenvalue weighted by atomic mass is 10.0. The number of nitrogens with zero attached hydrogens (tertiary/aromatic N) is 2. The molecule has 2 aromatic rings. The van der Waals surface area contributed by atoms with Gasteiger partial charge in [0, 0.05) is 25.8 Å². The number of amides is 1. The summed E-state index contributed by atoms with van der Waals surface area (Å²) in [5.41, 5.74) is 3.47. The number of sulfonamides is 1. The molecule has 0 spiro atoms. The second-order valence-electron chi connectivity index (χ2n) is 7.79. The number of benzene rings is 2. The van der Waals surface area contributed by atoms with Gasteiger partial charge in [0.15, 0.2) is 0 Å². The van der Waals surface area contributed by atoms with E-state index in [-0.39, 0.29) is 23.4 Å². The Kier molecular flexibility index (Phi) is 6.41. The molecule has 1 atom stereocenters. The molecule has 1 aliphatic heterocycles. The molecule has 1 amide bonds. The van der Waals surface area contributed by atoms with Crippen molar-refractivity contribution in [2.45, 2.75) is 37.6 Å². The fourth-order valence-electron chi connectivity index (χ4n) is 3.76. The van der Waals surface area contributed by atoms with E-state index in [4.69, 9.17) is 0 Å². The van der Waals surface area contributed by atoms with Crippen molar-refractivity contribution in [3.8, 4) is 0 Å². The minimum atomic E-state index is -3.57. The van der Waals surface area contributed by atoms with Gasteiger partial charge in [-0.3, -0.25) is 9.69 Å². The standard InChI is InChI=1S/C22H29N3O3S/c1-16-13-19(29(27,28)24(3)4)14-20(17(16)2)23-22(26)15-25-12-8-11-21(25)18-9-6-5-7-10-18/h5-7,9-10,13-14,21H,8,11-12,15H2,1-4H3,(H,23,26)/t21-/m0/s1. The van der Waals surface area contributed by atoms with Gasteiger partial charge in [0.05, 0.1) is 11.4 Å². The molecule has 3 rings (SSSR count). The summed E-state index contributed by atoms with van der Waals surface area (Å²) in [7, 11) is -0.570. The van der Waals surface area contributed by atoms with Crippen molar-refractivity contribution >= 4 is 21.6 Å². The molecular formula is C22H29N3O3S. The fraction of sp³-hybridized carbons (Fsp3) is 0.409. The third-order valence-electron chi connectivity index (χ3n) is 5.59. The fourth-order valence-corrected chi connectivity index (χ4v) is 4.77. The number of nitrogens with one attached hydrogen (secondary N) is 1. The Morgan fingerprint density at radius 3 is 2.52 bits per heavy atom. The van der Waals surface area contributed by atoms with Crippen molar-refractivity contribution in [1.82, 2.24) is 9.21 Å². The molecule has 1 heterocycles. The van der Waals surface area contributed by atoms with Gasteiger partial charge in [0.1, 0.15) is 0 Å². The Morgan fingerprint density at radius 1 is 1.17 bits per heavy atom. The highest BCUT2D eigenvalue weighted by Gasteiger charge is 2.28. The Morgan fingerprint density at radius 2 is 1.86 bits per heavy atom. The Bertz CT molecular complexity index is 988. The molecular weight excluding hydrogens is 386 g/mol. The van der Waals surface area contributed by atoms with E-state index in [0.29, 0.717) is 5.69 Å². The second kappa shape index (κ2) is 8.65. The Balaban J connectivity index is 1.78. The summed E-state index contributed by atoms with van der Waals surface area (Å²) in [6.07, 6.45) is 2.09. The summed E-state index contributed by atoms with van der Waals surface area (Å²) in [5.74, 6) is -0.130. The van der Waals surface area contributed by atoms with E-state index in [1.807, 2.05) is 32.0 Å². The van der Waals surface area contributed by atoms with Crippen LogP contribution in [0, 0.1) is 13.8 Å². The van der Waals surface area contributed by atoms with Gasteiger partial charge in [-0.2, -0.15) is 0 Å². The molecule has 1 aliphatic rings. The van der Waals surface area contributed by atoms with Crippen LogP contribution in [0.15, 0.2) is 47.4 Å². The van der Waals surface area contributed by atoms with Crippen LogP contribution in [0.25, 0.3) is 0 Å². The van der Waals surface area contributed by atoms with Crippen molar-refractivity contribution in [1.29, 1.82) is 0 Å². The quantitative estimate of drug-likeness (QED) is 0.786. The van der Waals surface area contributed by atoms with Crippen molar-refractivity contribution in [2.24, 2.45) is 0 Å². The topological polar surface area (TPSA) is 69.7 Å². The molecule has 1 saturated heterocycles. The molecule has 1 N–H and O–H groups in total. The molecule has 2 aromatic carbocycles. The zero-order chi connectivity index (χ0) is 21.2. The average Bonchev–Trinajstić information content (AvgIpc) is 3.13. The van der Waals surface area contributed by atoms with Crippen molar-refractivity contribution in [2.75, 3.05) is 32.5 Å². The van der Waals surface area contributed by atoms with Crippen LogP contribution in [-0.2, 0) is 14.8 Å². The van der Waals surface area contributed by atoms with E-state index >= 15 is 0 Å². The maximum atomic E-state index is 12.8. The number of rotatable bonds is 6. The molecule has 0 bridgehead atoms. The maximum Gasteiger partial charge on any atom is 0.242 e. The SMILES string of the molecule is Cc1cc(S(=O)(=O)N(C)C)cc(NC(=O)CN2CCC[C@H]2c2ccccc2)c1C. The highest BCUT2D eigenvalue weighted by atomic mass is 32.2. The van der Waals surface area contributed by atoms with E-state index in [2.05, 4.69) is 22.3 Å². The van der Waals surface area contributed by atoms with E-state index in [0.717, 1.165) is 30.5 Å². The number of carbonyl (C=O) groups is 1. The predicted molar refractivity (Wildman–Crippen MR) is 115 cm³/mol. The highest BCUT2D eigenvalue weighted by Crippen LogP contribution is 2.31. The van der Waals surface area contributed by atoms with Gasteiger partial charge < -0.3 is 5.32 Å². The first kappa shape index (κ1) is 21.5. The summed E-state index contributed by atoms with van der Waals surface area (Å²) >= 11 is 0. The second-order valence-corrected chi connectivity index (χ2v) is 9.94. The molecule has 0 radical (unpaired) electrons. The highest BCUT2D eigenvalue weighted by molar-refractivity contribution is 7.89. The molecule has 0 aliphatic carbocycles. The van der Waals surface area contributed by atoms with E-state index in [9.17, 15) is 13.2 Å². The predicted octanol–water partition coefficient (Wildman–Crippen LogP) is 3.33. The van der Waals surface area contributed by atoms with Crippen LogP contribution < -0.4 is 5.32 Å². The van der Waals surface area contributed by atoms with Crippen molar-refractivity contribution < 1.29 is 13.2 Å². The van der Waals surface area contributed by atoms with Gasteiger partial charge in [-0.15, -0.1) is 0 Å². The molecule has 0 saturated carbocycles. The minimum Gasteiger partial charge on any atom is -0.325 e. The van der Waals surface area contributed by atoms with Gasteiger partial charge in [0.2, 0.25) is 15.9 Å².